The maximum atomic E-state index is 12.7. The van der Waals surface area contributed by atoms with Crippen LogP contribution in [0.4, 0.5) is 0 Å². The van der Waals surface area contributed by atoms with E-state index in [0.717, 1.165) is 12.0 Å². The smallest absolute Gasteiger partial charge is 0.250 e. The average molecular weight is 286 g/mol. The fourth-order valence-electron chi connectivity index (χ4n) is 2.68. The van der Waals surface area contributed by atoms with Crippen molar-refractivity contribution in [2.24, 2.45) is 0 Å². The molecule has 1 saturated heterocycles. The summed E-state index contributed by atoms with van der Waals surface area (Å²) in [5.41, 5.74) is 0.835. The average Bonchev–Trinajstić information content (AvgIpc) is 2.51. The maximum Gasteiger partial charge on any atom is 0.250 e. The van der Waals surface area contributed by atoms with Crippen LogP contribution in [-0.4, -0.2) is 29.3 Å². The molecule has 1 aliphatic rings. The van der Waals surface area contributed by atoms with Crippen LogP contribution in [0.2, 0.25) is 0 Å². The largest absolute Gasteiger partial charge is 0.339 e. The predicted molar refractivity (Wildman–Crippen MR) is 82.5 cm³/mol. The Morgan fingerprint density at radius 1 is 1.24 bits per heavy atom. The highest BCUT2D eigenvalue weighted by molar-refractivity contribution is 5.97. The minimum atomic E-state index is -0.563. The second-order valence-electron chi connectivity index (χ2n) is 5.17. The van der Waals surface area contributed by atoms with Crippen LogP contribution in [0, 0.1) is 0 Å². The number of hydrogen-bond donors (Lipinski definition) is 1. The number of rotatable bonds is 5. The Labute approximate surface area is 125 Å². The van der Waals surface area contributed by atoms with E-state index in [9.17, 15) is 9.59 Å². The molecule has 2 rings (SSSR count). The summed E-state index contributed by atoms with van der Waals surface area (Å²) >= 11 is 0. The fourth-order valence-corrected chi connectivity index (χ4v) is 2.68. The van der Waals surface area contributed by atoms with Gasteiger partial charge in [0.15, 0.2) is 0 Å². The molecule has 4 heteroatoms. The van der Waals surface area contributed by atoms with E-state index in [4.69, 9.17) is 0 Å². The highest BCUT2D eigenvalue weighted by Gasteiger charge is 2.39. The Kier molecular flexibility index (Phi) is 5.14. The maximum absolute atomic E-state index is 12.7. The standard InChI is InChI=1S/C17H22N2O2/c1-3-5-9-12-19-14(4-2)16(20)18-15(17(19)21)13-10-7-6-8-11-13/h3,5-8,10-11,14-15H,4,9,12H2,1-2H3,(H,18,20)/b5-3+. The lowest BCUT2D eigenvalue weighted by Crippen LogP contribution is -2.59. The zero-order valence-electron chi connectivity index (χ0n) is 12.6. The summed E-state index contributed by atoms with van der Waals surface area (Å²) in [5, 5.41) is 2.86. The van der Waals surface area contributed by atoms with E-state index in [1.54, 1.807) is 4.90 Å². The van der Waals surface area contributed by atoms with Gasteiger partial charge in [-0.05, 0) is 25.3 Å². The van der Waals surface area contributed by atoms with Gasteiger partial charge >= 0.3 is 0 Å². The molecule has 4 nitrogen and oxygen atoms in total. The molecule has 1 N–H and O–H groups in total. The van der Waals surface area contributed by atoms with Gasteiger partial charge in [0.2, 0.25) is 11.8 Å². The zero-order valence-corrected chi connectivity index (χ0v) is 12.6. The predicted octanol–water partition coefficient (Wildman–Crippen LogP) is 2.43. The van der Waals surface area contributed by atoms with Crippen LogP contribution in [0.5, 0.6) is 0 Å². The Hall–Kier alpha value is -2.10. The molecule has 0 saturated carbocycles. The first-order valence-electron chi connectivity index (χ1n) is 7.46. The summed E-state index contributed by atoms with van der Waals surface area (Å²) in [4.78, 5) is 26.7. The SMILES string of the molecule is C/C=C/CCN1C(=O)C(c2ccccc2)NC(=O)C1CC. The number of piperazine rings is 1. The molecule has 0 aliphatic carbocycles. The van der Waals surface area contributed by atoms with Gasteiger partial charge in [0.1, 0.15) is 12.1 Å². The van der Waals surface area contributed by atoms with Gasteiger partial charge in [-0.1, -0.05) is 49.4 Å². The quantitative estimate of drug-likeness (QED) is 0.845. The molecular formula is C17H22N2O2. The topological polar surface area (TPSA) is 49.4 Å². The highest BCUT2D eigenvalue weighted by Crippen LogP contribution is 2.23. The third-order valence-electron chi connectivity index (χ3n) is 3.79. The summed E-state index contributed by atoms with van der Waals surface area (Å²) in [7, 11) is 0. The van der Waals surface area contributed by atoms with Crippen LogP contribution in [0.25, 0.3) is 0 Å². The van der Waals surface area contributed by atoms with Crippen molar-refractivity contribution in [2.75, 3.05) is 6.54 Å². The van der Waals surface area contributed by atoms with Gasteiger partial charge in [-0.2, -0.15) is 0 Å². The van der Waals surface area contributed by atoms with E-state index in [-0.39, 0.29) is 17.9 Å². The second-order valence-corrected chi connectivity index (χ2v) is 5.17. The van der Waals surface area contributed by atoms with Crippen LogP contribution >= 0.6 is 0 Å². The summed E-state index contributed by atoms with van der Waals surface area (Å²) in [6, 6.07) is 8.49. The van der Waals surface area contributed by atoms with Gasteiger partial charge in [-0.3, -0.25) is 9.59 Å². The van der Waals surface area contributed by atoms with Gasteiger partial charge in [0.05, 0.1) is 0 Å². The van der Waals surface area contributed by atoms with Crippen molar-refractivity contribution in [3.8, 4) is 0 Å². The third kappa shape index (κ3) is 3.32. The third-order valence-corrected chi connectivity index (χ3v) is 3.79. The Morgan fingerprint density at radius 3 is 2.57 bits per heavy atom. The van der Waals surface area contributed by atoms with Crippen molar-refractivity contribution < 1.29 is 9.59 Å². The van der Waals surface area contributed by atoms with E-state index in [2.05, 4.69) is 5.32 Å². The number of hydrogen-bond acceptors (Lipinski definition) is 2. The summed E-state index contributed by atoms with van der Waals surface area (Å²) in [6.45, 7) is 4.47. The van der Waals surface area contributed by atoms with Gasteiger partial charge < -0.3 is 10.2 Å². The van der Waals surface area contributed by atoms with Crippen molar-refractivity contribution >= 4 is 11.8 Å². The molecule has 0 bridgehead atoms. The Balaban J connectivity index is 2.23. The number of benzene rings is 1. The first-order chi connectivity index (χ1) is 10.2. The molecule has 112 valence electrons. The molecule has 0 radical (unpaired) electrons. The molecule has 2 amide bonds. The number of nitrogens with zero attached hydrogens (tertiary/aromatic N) is 1. The van der Waals surface area contributed by atoms with Crippen LogP contribution in [-0.2, 0) is 9.59 Å². The first-order valence-corrected chi connectivity index (χ1v) is 7.46. The van der Waals surface area contributed by atoms with Crippen molar-refractivity contribution in [1.82, 2.24) is 10.2 Å². The summed E-state index contributed by atoms with van der Waals surface area (Å²) in [6.07, 6.45) is 5.39. The molecule has 21 heavy (non-hydrogen) atoms. The molecule has 0 spiro atoms. The lowest BCUT2D eigenvalue weighted by Gasteiger charge is -2.38. The van der Waals surface area contributed by atoms with Crippen LogP contribution in [0.3, 0.4) is 0 Å². The van der Waals surface area contributed by atoms with Crippen molar-refractivity contribution in [3.05, 3.63) is 48.0 Å². The lowest BCUT2D eigenvalue weighted by molar-refractivity contribution is -0.149. The highest BCUT2D eigenvalue weighted by atomic mass is 16.2. The van der Waals surface area contributed by atoms with Crippen molar-refractivity contribution in [3.63, 3.8) is 0 Å². The second kappa shape index (κ2) is 7.07. The number of carbonyl (C=O) groups excluding carboxylic acids is 2. The molecule has 1 aromatic rings. The number of nitrogens with one attached hydrogen (secondary N) is 1. The van der Waals surface area contributed by atoms with Crippen molar-refractivity contribution in [2.45, 2.75) is 38.8 Å². The normalized spacial score (nSPS) is 22.7. The van der Waals surface area contributed by atoms with E-state index in [0.29, 0.717) is 13.0 Å². The van der Waals surface area contributed by atoms with E-state index in [1.165, 1.54) is 0 Å². The molecule has 2 atom stereocenters. The number of allylic oxidation sites excluding steroid dienone is 1. The van der Waals surface area contributed by atoms with E-state index < -0.39 is 6.04 Å². The number of carbonyl (C=O) groups is 2. The molecule has 1 fully saturated rings. The molecule has 1 heterocycles. The molecule has 1 aromatic carbocycles. The Bertz CT molecular complexity index is 525. The van der Waals surface area contributed by atoms with Crippen LogP contribution < -0.4 is 5.32 Å². The van der Waals surface area contributed by atoms with Gasteiger partial charge in [-0.15, -0.1) is 0 Å². The van der Waals surface area contributed by atoms with Gasteiger partial charge in [0.25, 0.3) is 0 Å². The molecule has 1 aliphatic heterocycles. The van der Waals surface area contributed by atoms with E-state index in [1.807, 2.05) is 56.3 Å². The minimum Gasteiger partial charge on any atom is -0.339 e. The molecule has 0 aromatic heterocycles. The van der Waals surface area contributed by atoms with Crippen molar-refractivity contribution in [1.29, 1.82) is 0 Å². The van der Waals surface area contributed by atoms with E-state index >= 15 is 0 Å². The lowest BCUT2D eigenvalue weighted by atomic mass is 9.99. The zero-order chi connectivity index (χ0) is 15.2. The van der Waals surface area contributed by atoms with Crippen LogP contribution in [0.15, 0.2) is 42.5 Å². The Morgan fingerprint density at radius 2 is 1.95 bits per heavy atom. The summed E-state index contributed by atoms with van der Waals surface area (Å²) in [5.74, 6) is -0.0800. The molecule has 2 unspecified atom stereocenters. The van der Waals surface area contributed by atoms with Crippen LogP contribution in [0.1, 0.15) is 38.3 Å². The van der Waals surface area contributed by atoms with Gasteiger partial charge in [0, 0.05) is 6.54 Å². The fraction of sp³-hybridized carbons (Fsp3) is 0.412. The first kappa shape index (κ1) is 15.3. The number of amides is 2. The van der Waals surface area contributed by atoms with Gasteiger partial charge in [-0.25, -0.2) is 0 Å². The molecular weight excluding hydrogens is 264 g/mol. The summed E-state index contributed by atoms with van der Waals surface area (Å²) < 4.78 is 0. The monoisotopic (exact) mass is 286 g/mol. The minimum absolute atomic E-state index is 0.0165.